The summed E-state index contributed by atoms with van der Waals surface area (Å²) in [4.78, 5) is 25.4. The fourth-order valence-electron chi connectivity index (χ4n) is 4.36. The average Bonchev–Trinajstić information content (AvgIpc) is 2.86. The maximum absolute atomic E-state index is 12.4. The zero-order valence-corrected chi connectivity index (χ0v) is 22.4. The Balaban J connectivity index is 2.14. The van der Waals surface area contributed by atoms with Gasteiger partial charge in [-0.05, 0) is 83.8 Å². The molecule has 0 fully saturated rings. The van der Waals surface area contributed by atoms with Gasteiger partial charge in [0.1, 0.15) is 5.75 Å². The van der Waals surface area contributed by atoms with Crippen molar-refractivity contribution in [1.29, 1.82) is 0 Å². The number of anilines is 1. The summed E-state index contributed by atoms with van der Waals surface area (Å²) in [6.45, 7) is 11.2. The number of aliphatic hydroxyl groups excluding tert-OH is 1. The molecule has 0 spiro atoms. The van der Waals surface area contributed by atoms with E-state index in [1.807, 2.05) is 31.2 Å². The van der Waals surface area contributed by atoms with E-state index in [-0.39, 0.29) is 23.5 Å². The van der Waals surface area contributed by atoms with Crippen LogP contribution in [0, 0.1) is 0 Å². The van der Waals surface area contributed by atoms with Crippen molar-refractivity contribution in [2.75, 3.05) is 24.7 Å². The van der Waals surface area contributed by atoms with Crippen molar-refractivity contribution >= 4 is 17.6 Å². The highest BCUT2D eigenvalue weighted by Gasteiger charge is 2.24. The smallest absolute Gasteiger partial charge is 0.335 e. The van der Waals surface area contributed by atoms with Crippen molar-refractivity contribution in [2.24, 2.45) is 0 Å². The molecule has 6 nitrogen and oxygen atoms in total. The molecular weight excluding hydrogens is 466 g/mol. The molecule has 0 aliphatic rings. The first-order valence-corrected chi connectivity index (χ1v) is 12.7. The van der Waals surface area contributed by atoms with E-state index in [0.29, 0.717) is 19.6 Å². The second-order valence-corrected chi connectivity index (χ2v) is 10.1. The van der Waals surface area contributed by atoms with E-state index in [9.17, 15) is 14.7 Å². The van der Waals surface area contributed by atoms with Gasteiger partial charge < -0.3 is 19.8 Å². The van der Waals surface area contributed by atoms with Crippen LogP contribution < -0.4 is 9.64 Å². The average molecular weight is 504 g/mol. The van der Waals surface area contributed by atoms with Crippen LogP contribution in [0.25, 0.3) is 22.3 Å². The van der Waals surface area contributed by atoms with E-state index in [0.717, 1.165) is 45.7 Å². The normalized spacial score (nSPS) is 11.3. The lowest BCUT2D eigenvalue weighted by Gasteiger charge is -2.30. The van der Waals surface area contributed by atoms with Crippen LogP contribution in [0.3, 0.4) is 0 Å². The van der Waals surface area contributed by atoms with Gasteiger partial charge in [0.05, 0.1) is 12.2 Å². The lowest BCUT2D eigenvalue weighted by Crippen LogP contribution is -2.30. The summed E-state index contributed by atoms with van der Waals surface area (Å²) in [5.41, 5.74) is 5.71. The summed E-state index contributed by atoms with van der Waals surface area (Å²) in [5, 5.41) is 18.4. The van der Waals surface area contributed by atoms with E-state index in [2.05, 4.69) is 32.9 Å². The van der Waals surface area contributed by atoms with E-state index in [1.54, 1.807) is 36.1 Å². The molecule has 2 N–H and O–H groups in total. The molecule has 1 amide bonds. The van der Waals surface area contributed by atoms with Crippen LogP contribution in [0.1, 0.15) is 63.4 Å². The first kappa shape index (κ1) is 27.9. The number of carbonyl (C=O) groups is 2. The van der Waals surface area contributed by atoms with Gasteiger partial charge in [0, 0.05) is 31.3 Å². The number of amides is 1. The van der Waals surface area contributed by atoms with Crippen LogP contribution in [0.4, 0.5) is 5.69 Å². The molecule has 0 radical (unpaired) electrons. The number of ether oxygens (including phenoxy) is 1. The van der Waals surface area contributed by atoms with Gasteiger partial charge in [-0.2, -0.15) is 0 Å². The Morgan fingerprint density at radius 3 is 2.11 bits per heavy atom. The predicted molar refractivity (Wildman–Crippen MR) is 148 cm³/mol. The third kappa shape index (κ3) is 6.77. The van der Waals surface area contributed by atoms with Gasteiger partial charge in [-0.15, -0.1) is 0 Å². The molecule has 196 valence electrons. The van der Waals surface area contributed by atoms with E-state index >= 15 is 0 Å². The number of hydrogen-bond acceptors (Lipinski definition) is 4. The zero-order valence-electron chi connectivity index (χ0n) is 22.4. The number of hydrogen-bond donors (Lipinski definition) is 2. The largest absolute Gasteiger partial charge is 0.493 e. The molecule has 6 heteroatoms. The molecule has 0 bridgehead atoms. The van der Waals surface area contributed by atoms with Crippen LogP contribution >= 0.6 is 0 Å². The topological polar surface area (TPSA) is 87.1 Å². The van der Waals surface area contributed by atoms with Gasteiger partial charge in [-0.1, -0.05) is 45.0 Å². The Bertz CT molecular complexity index is 1240. The Kier molecular flexibility index (Phi) is 9.11. The van der Waals surface area contributed by atoms with Crippen LogP contribution in [0.5, 0.6) is 5.75 Å². The SMILES string of the molecule is CCN(C(C)=O)c1ccc(-c2cc(-c3ccc(C(=O)O)cc3)ccc2OCCCCO)cc1C(C)(C)C. The summed E-state index contributed by atoms with van der Waals surface area (Å²) >= 11 is 0. The summed E-state index contributed by atoms with van der Waals surface area (Å²) in [5.74, 6) is -0.226. The second kappa shape index (κ2) is 12.1. The van der Waals surface area contributed by atoms with Crippen LogP contribution in [-0.4, -0.2) is 41.8 Å². The van der Waals surface area contributed by atoms with E-state index in [4.69, 9.17) is 9.84 Å². The van der Waals surface area contributed by atoms with Crippen molar-refractivity contribution in [3.8, 4) is 28.0 Å². The monoisotopic (exact) mass is 503 g/mol. The molecule has 0 aliphatic heterocycles. The zero-order chi connectivity index (χ0) is 27.2. The lowest BCUT2D eigenvalue weighted by atomic mass is 9.83. The number of nitrogens with zero attached hydrogens (tertiary/aromatic N) is 1. The Hall–Kier alpha value is -3.64. The van der Waals surface area contributed by atoms with Gasteiger partial charge in [0.15, 0.2) is 0 Å². The van der Waals surface area contributed by atoms with E-state index < -0.39 is 5.97 Å². The molecule has 3 aromatic carbocycles. The third-order valence-electron chi connectivity index (χ3n) is 6.36. The number of rotatable bonds is 10. The fourth-order valence-corrected chi connectivity index (χ4v) is 4.36. The Morgan fingerprint density at radius 2 is 1.54 bits per heavy atom. The van der Waals surface area contributed by atoms with Crippen LogP contribution in [0.15, 0.2) is 60.7 Å². The predicted octanol–water partition coefficient (Wildman–Crippen LogP) is 6.54. The van der Waals surface area contributed by atoms with Gasteiger partial charge in [0.25, 0.3) is 0 Å². The maximum atomic E-state index is 12.4. The fraction of sp³-hybridized carbons (Fsp3) is 0.355. The van der Waals surface area contributed by atoms with Crippen LogP contribution in [0.2, 0.25) is 0 Å². The van der Waals surface area contributed by atoms with Gasteiger partial charge >= 0.3 is 5.97 Å². The highest BCUT2D eigenvalue weighted by molar-refractivity contribution is 5.93. The Labute approximate surface area is 219 Å². The van der Waals surface area contributed by atoms with Gasteiger partial charge in [-0.3, -0.25) is 4.79 Å². The highest BCUT2D eigenvalue weighted by Crippen LogP contribution is 2.40. The first-order valence-electron chi connectivity index (χ1n) is 12.7. The standard InChI is InChI=1S/C31H37NO5/c1-6-32(21(2)34)28-15-13-25(20-27(28)31(3,4)5)26-19-24(14-16-29(26)37-18-8-7-17-33)22-9-11-23(12-10-22)30(35)36/h9-16,19-20,33H,6-8,17-18H2,1-5H3,(H,35,36). The number of carboxylic acid groups (broad SMARTS) is 1. The molecule has 0 saturated carbocycles. The van der Waals surface area contributed by atoms with Crippen LogP contribution in [-0.2, 0) is 10.2 Å². The van der Waals surface area contributed by atoms with Gasteiger partial charge in [-0.25, -0.2) is 4.79 Å². The van der Waals surface area contributed by atoms with E-state index in [1.165, 1.54) is 0 Å². The van der Waals surface area contributed by atoms with Crippen molar-refractivity contribution in [2.45, 2.75) is 52.9 Å². The first-order chi connectivity index (χ1) is 17.6. The number of aliphatic hydroxyl groups is 1. The molecule has 0 aromatic heterocycles. The number of carboxylic acids is 1. The van der Waals surface area contributed by atoms with Crippen molar-refractivity contribution in [1.82, 2.24) is 0 Å². The summed E-state index contributed by atoms with van der Waals surface area (Å²) in [6, 6.07) is 18.9. The lowest BCUT2D eigenvalue weighted by molar-refractivity contribution is -0.116. The molecule has 0 heterocycles. The quantitative estimate of drug-likeness (QED) is 0.307. The summed E-state index contributed by atoms with van der Waals surface area (Å²) in [7, 11) is 0. The third-order valence-corrected chi connectivity index (χ3v) is 6.36. The second-order valence-electron chi connectivity index (χ2n) is 10.1. The molecular formula is C31H37NO5. The van der Waals surface area contributed by atoms with Crippen molar-refractivity contribution < 1.29 is 24.5 Å². The molecule has 3 rings (SSSR count). The number of aromatic carboxylic acids is 1. The molecule has 0 unspecified atom stereocenters. The molecule has 0 aliphatic carbocycles. The van der Waals surface area contributed by atoms with Crippen molar-refractivity contribution in [3.63, 3.8) is 0 Å². The summed E-state index contributed by atoms with van der Waals surface area (Å²) < 4.78 is 6.14. The maximum Gasteiger partial charge on any atom is 0.335 e. The number of carbonyl (C=O) groups excluding carboxylic acids is 1. The summed E-state index contributed by atoms with van der Waals surface area (Å²) in [6.07, 6.45) is 1.41. The molecule has 3 aromatic rings. The molecule has 37 heavy (non-hydrogen) atoms. The molecule has 0 atom stereocenters. The minimum absolute atomic E-state index is 0.000427. The molecule has 0 saturated heterocycles. The van der Waals surface area contributed by atoms with Gasteiger partial charge in [0.2, 0.25) is 5.91 Å². The van der Waals surface area contributed by atoms with Crippen molar-refractivity contribution in [3.05, 3.63) is 71.8 Å². The Morgan fingerprint density at radius 1 is 0.892 bits per heavy atom. The number of benzene rings is 3. The minimum atomic E-state index is -0.958. The number of unbranched alkanes of at least 4 members (excludes halogenated alkanes) is 1. The minimum Gasteiger partial charge on any atom is -0.493 e. The highest BCUT2D eigenvalue weighted by atomic mass is 16.5.